The Bertz CT molecular complexity index is 1030. The molecule has 3 aliphatic heterocycles. The van der Waals surface area contributed by atoms with Crippen molar-refractivity contribution in [2.45, 2.75) is 49.1 Å². The highest BCUT2D eigenvalue weighted by atomic mass is 35.5. The Kier molecular flexibility index (Phi) is 13.7. The average Bonchev–Trinajstić information content (AvgIpc) is 2.87. The zero-order valence-corrected chi connectivity index (χ0v) is 26.2. The van der Waals surface area contributed by atoms with Gasteiger partial charge in [-0.2, -0.15) is 4.31 Å². The second kappa shape index (κ2) is 15.2. The number of piperidine rings is 2. The lowest BCUT2D eigenvalue weighted by Crippen LogP contribution is -2.54. The van der Waals surface area contributed by atoms with Gasteiger partial charge in [0.05, 0.1) is 21.7 Å². The molecule has 1 unspecified atom stereocenters. The third kappa shape index (κ3) is 8.24. The van der Waals surface area contributed by atoms with E-state index in [0.717, 1.165) is 39.0 Å². The van der Waals surface area contributed by atoms with Crippen molar-refractivity contribution in [2.24, 2.45) is 0 Å². The fraction of sp³-hybridized carbons (Fsp3) is 0.708. The van der Waals surface area contributed by atoms with Crippen LogP contribution in [0.4, 0.5) is 0 Å². The van der Waals surface area contributed by atoms with Crippen molar-refractivity contribution in [1.82, 2.24) is 19.0 Å². The van der Waals surface area contributed by atoms with Gasteiger partial charge in [-0.05, 0) is 58.0 Å². The van der Waals surface area contributed by atoms with Gasteiger partial charge in [0.2, 0.25) is 15.9 Å². The lowest BCUT2D eigenvalue weighted by atomic mass is 10.0. The van der Waals surface area contributed by atoms with E-state index in [2.05, 4.69) is 16.8 Å². The Morgan fingerprint density at radius 3 is 2.18 bits per heavy atom. The maximum absolute atomic E-state index is 13.4. The number of piperazine rings is 1. The molecule has 38 heavy (non-hydrogen) atoms. The monoisotopic (exact) mass is 652 g/mol. The summed E-state index contributed by atoms with van der Waals surface area (Å²) < 4.78 is 34.0. The van der Waals surface area contributed by atoms with Crippen LogP contribution in [0.25, 0.3) is 0 Å². The van der Waals surface area contributed by atoms with E-state index in [1.54, 1.807) is 0 Å². The van der Waals surface area contributed by atoms with E-state index >= 15 is 0 Å². The van der Waals surface area contributed by atoms with E-state index in [1.807, 2.05) is 4.90 Å². The van der Waals surface area contributed by atoms with Gasteiger partial charge in [0.15, 0.2) is 0 Å². The Morgan fingerprint density at radius 2 is 1.53 bits per heavy atom. The summed E-state index contributed by atoms with van der Waals surface area (Å²) in [6, 6.07) is 2.88. The first-order valence-electron chi connectivity index (χ1n) is 12.6. The van der Waals surface area contributed by atoms with Crippen LogP contribution in [0.15, 0.2) is 17.0 Å². The van der Waals surface area contributed by atoms with Gasteiger partial charge in [-0.25, -0.2) is 8.42 Å². The van der Waals surface area contributed by atoms with E-state index in [9.17, 15) is 13.2 Å². The number of nitrogens with zero attached hydrogens (tertiary/aromatic N) is 4. The van der Waals surface area contributed by atoms with Crippen LogP contribution in [0, 0.1) is 0 Å². The molecule has 8 nitrogen and oxygen atoms in total. The molecule has 4 rings (SSSR count). The van der Waals surface area contributed by atoms with Gasteiger partial charge in [0.25, 0.3) is 0 Å². The molecule has 0 aromatic heterocycles. The first-order chi connectivity index (χ1) is 17.2. The Morgan fingerprint density at radius 1 is 0.895 bits per heavy atom. The summed E-state index contributed by atoms with van der Waals surface area (Å²) in [6.45, 7) is 5.90. The topological polar surface area (TPSA) is 73.4 Å². The highest BCUT2D eigenvalue weighted by Crippen LogP contribution is 2.35. The number of amides is 1. The maximum atomic E-state index is 13.4. The molecule has 0 radical (unpaired) electrons. The average molecular weight is 655 g/mol. The standard InChI is InChI=1S/C24H35Cl3N4O4S.2ClH/c1-28-8-5-18(6-9-28)29-10-12-30(13-11-29)24(32)17-35-16-19-4-2-3-7-31(19)36(33,34)23-15-21(26)20(25)14-22(23)27;;/h14-15,18-19H,2-13,16-17H2,1H3;2*1H. The number of ether oxygens (including phenoxy) is 1. The van der Waals surface area contributed by atoms with Crippen LogP contribution in [0.2, 0.25) is 15.1 Å². The number of hydrogen-bond acceptors (Lipinski definition) is 6. The Labute approximate surface area is 253 Å². The number of sulfonamides is 1. The minimum Gasteiger partial charge on any atom is -0.370 e. The molecule has 1 aromatic carbocycles. The van der Waals surface area contributed by atoms with Crippen LogP contribution >= 0.6 is 59.6 Å². The zero-order valence-electron chi connectivity index (χ0n) is 21.5. The van der Waals surface area contributed by atoms with Gasteiger partial charge in [0, 0.05) is 44.8 Å². The molecule has 0 bridgehead atoms. The summed E-state index contributed by atoms with van der Waals surface area (Å²) in [6.07, 6.45) is 4.66. The molecule has 3 saturated heterocycles. The van der Waals surface area contributed by atoms with Crippen LogP contribution in [-0.2, 0) is 19.6 Å². The van der Waals surface area contributed by atoms with Gasteiger partial charge in [0.1, 0.15) is 11.5 Å². The normalized spacial score (nSPS) is 22.5. The van der Waals surface area contributed by atoms with Crippen molar-refractivity contribution in [3.8, 4) is 0 Å². The predicted octanol–water partition coefficient (Wildman–Crippen LogP) is 4.29. The quantitative estimate of drug-likeness (QED) is 0.409. The van der Waals surface area contributed by atoms with Gasteiger partial charge in [-0.1, -0.05) is 41.2 Å². The van der Waals surface area contributed by atoms with Crippen molar-refractivity contribution < 1.29 is 17.9 Å². The molecule has 3 aliphatic rings. The molecule has 14 heteroatoms. The fourth-order valence-corrected chi connectivity index (χ4v) is 8.01. The minimum absolute atomic E-state index is 0. The Hall–Kier alpha value is -0.0700. The number of halogens is 5. The van der Waals surface area contributed by atoms with Crippen LogP contribution in [0.1, 0.15) is 32.1 Å². The molecule has 0 aliphatic carbocycles. The molecular formula is C24H37Cl5N4O4S. The number of carbonyl (C=O) groups excluding carboxylic acids is 1. The highest BCUT2D eigenvalue weighted by Gasteiger charge is 2.36. The molecular weight excluding hydrogens is 618 g/mol. The molecule has 3 heterocycles. The molecule has 1 aromatic rings. The van der Waals surface area contributed by atoms with Crippen molar-refractivity contribution in [2.75, 3.05) is 66.1 Å². The molecule has 0 spiro atoms. The minimum atomic E-state index is -3.90. The highest BCUT2D eigenvalue weighted by molar-refractivity contribution is 7.89. The first-order valence-corrected chi connectivity index (χ1v) is 15.2. The number of carbonyl (C=O) groups is 1. The molecule has 1 atom stereocenters. The van der Waals surface area contributed by atoms with Crippen LogP contribution in [0.5, 0.6) is 0 Å². The van der Waals surface area contributed by atoms with Crippen LogP contribution in [-0.4, -0.2) is 111 Å². The predicted molar refractivity (Wildman–Crippen MR) is 157 cm³/mol. The second-order valence-corrected chi connectivity index (χ2v) is 13.0. The van der Waals surface area contributed by atoms with Gasteiger partial charge in [-0.15, -0.1) is 24.8 Å². The first kappa shape index (κ1) is 34.1. The lowest BCUT2D eigenvalue weighted by molar-refractivity contribution is -0.138. The SMILES string of the molecule is CN1CCC(N2CCN(C(=O)COCC3CCCCN3S(=O)(=O)c3cc(Cl)c(Cl)cc3Cl)CC2)CC1.Cl.Cl. The van der Waals surface area contributed by atoms with E-state index in [1.165, 1.54) is 29.3 Å². The lowest BCUT2D eigenvalue weighted by Gasteiger charge is -2.42. The second-order valence-electron chi connectivity index (χ2n) is 9.93. The van der Waals surface area contributed by atoms with Gasteiger partial charge < -0.3 is 14.5 Å². The molecule has 3 fully saturated rings. The van der Waals surface area contributed by atoms with Crippen LogP contribution in [0.3, 0.4) is 0 Å². The summed E-state index contributed by atoms with van der Waals surface area (Å²) in [4.78, 5) is 19.4. The van der Waals surface area contributed by atoms with E-state index in [0.29, 0.717) is 32.1 Å². The molecule has 1 amide bonds. The van der Waals surface area contributed by atoms with E-state index < -0.39 is 10.0 Å². The van der Waals surface area contributed by atoms with Crippen molar-refractivity contribution >= 4 is 75.5 Å². The van der Waals surface area contributed by atoms with Crippen molar-refractivity contribution in [3.05, 3.63) is 27.2 Å². The summed E-state index contributed by atoms with van der Waals surface area (Å²) in [5, 5.41) is 0.361. The van der Waals surface area contributed by atoms with E-state index in [-0.39, 0.29) is 69.9 Å². The fourth-order valence-electron chi connectivity index (χ4n) is 5.36. The number of hydrogen-bond donors (Lipinski definition) is 0. The smallest absolute Gasteiger partial charge is 0.248 e. The summed E-state index contributed by atoms with van der Waals surface area (Å²) >= 11 is 18.3. The maximum Gasteiger partial charge on any atom is 0.248 e. The van der Waals surface area contributed by atoms with Gasteiger partial charge >= 0.3 is 0 Å². The number of likely N-dealkylation sites (tertiary alicyclic amines) is 1. The molecule has 0 N–H and O–H groups in total. The van der Waals surface area contributed by atoms with E-state index in [4.69, 9.17) is 39.5 Å². The van der Waals surface area contributed by atoms with Crippen LogP contribution < -0.4 is 0 Å². The third-order valence-electron chi connectivity index (χ3n) is 7.54. The summed E-state index contributed by atoms with van der Waals surface area (Å²) in [7, 11) is -1.73. The van der Waals surface area contributed by atoms with Gasteiger partial charge in [-0.3, -0.25) is 9.69 Å². The molecule has 218 valence electrons. The largest absolute Gasteiger partial charge is 0.370 e. The van der Waals surface area contributed by atoms with Crippen molar-refractivity contribution in [1.29, 1.82) is 0 Å². The number of rotatable bonds is 7. The summed E-state index contributed by atoms with van der Waals surface area (Å²) in [5.41, 5.74) is 0. The number of benzene rings is 1. The molecule has 0 saturated carbocycles. The Balaban J connectivity index is 0.00000253. The summed E-state index contributed by atoms with van der Waals surface area (Å²) in [5.74, 6) is -0.0456. The zero-order chi connectivity index (χ0) is 25.9. The third-order valence-corrected chi connectivity index (χ3v) is 10.7. The van der Waals surface area contributed by atoms with Crippen molar-refractivity contribution in [3.63, 3.8) is 0 Å².